The number of benzene rings is 1. The minimum absolute atomic E-state index is 0.0218. The van der Waals surface area contributed by atoms with E-state index in [4.69, 9.17) is 16.9 Å². The van der Waals surface area contributed by atoms with Gasteiger partial charge in [0, 0.05) is 18.0 Å². The van der Waals surface area contributed by atoms with Crippen molar-refractivity contribution >= 4 is 0 Å². The molecule has 0 radical (unpaired) electrons. The zero-order valence-corrected chi connectivity index (χ0v) is 9.29. The first-order valence-corrected chi connectivity index (χ1v) is 5.07. The van der Waals surface area contributed by atoms with E-state index in [2.05, 4.69) is 5.92 Å². The summed E-state index contributed by atoms with van der Waals surface area (Å²) in [7, 11) is 0. The van der Waals surface area contributed by atoms with E-state index in [-0.39, 0.29) is 6.04 Å². The van der Waals surface area contributed by atoms with Gasteiger partial charge in [0.05, 0.1) is 6.61 Å². The standard InChI is InChI=1S/C13H17NO/c1-4-5-8-15-13-9-10(2)6-7-12(13)11(3)14/h1,6-7,9,11H,5,8,14H2,2-3H3/t11-/m0/s1. The minimum Gasteiger partial charge on any atom is -0.492 e. The summed E-state index contributed by atoms with van der Waals surface area (Å²) < 4.78 is 5.60. The molecule has 1 atom stereocenters. The Bertz CT molecular complexity index is 363. The van der Waals surface area contributed by atoms with Gasteiger partial charge in [-0.1, -0.05) is 12.1 Å². The Hall–Kier alpha value is -1.46. The van der Waals surface area contributed by atoms with E-state index in [1.165, 1.54) is 0 Å². The molecule has 0 saturated heterocycles. The third-order valence-corrected chi connectivity index (χ3v) is 2.16. The Morgan fingerprint density at radius 1 is 1.53 bits per heavy atom. The monoisotopic (exact) mass is 203 g/mol. The fourth-order valence-corrected chi connectivity index (χ4v) is 1.36. The van der Waals surface area contributed by atoms with Crippen LogP contribution in [-0.2, 0) is 0 Å². The number of terminal acetylenes is 1. The van der Waals surface area contributed by atoms with E-state index in [0.717, 1.165) is 16.9 Å². The average Bonchev–Trinajstić information content (AvgIpc) is 2.18. The van der Waals surface area contributed by atoms with Crippen LogP contribution in [0.25, 0.3) is 0 Å². The van der Waals surface area contributed by atoms with Crippen LogP contribution >= 0.6 is 0 Å². The number of nitrogens with two attached hydrogens (primary N) is 1. The van der Waals surface area contributed by atoms with Gasteiger partial charge in [0.2, 0.25) is 0 Å². The SMILES string of the molecule is C#CCCOc1cc(C)ccc1[C@H](C)N. The molecule has 2 heteroatoms. The van der Waals surface area contributed by atoms with Crippen molar-refractivity contribution in [3.8, 4) is 18.1 Å². The van der Waals surface area contributed by atoms with Crippen molar-refractivity contribution in [1.29, 1.82) is 0 Å². The Balaban J connectivity index is 2.83. The van der Waals surface area contributed by atoms with Crippen molar-refractivity contribution in [2.45, 2.75) is 26.3 Å². The summed E-state index contributed by atoms with van der Waals surface area (Å²) in [4.78, 5) is 0. The first-order chi connectivity index (χ1) is 7.15. The van der Waals surface area contributed by atoms with E-state index < -0.39 is 0 Å². The number of hydrogen-bond acceptors (Lipinski definition) is 2. The van der Waals surface area contributed by atoms with Crippen molar-refractivity contribution in [3.05, 3.63) is 29.3 Å². The van der Waals surface area contributed by atoms with E-state index >= 15 is 0 Å². The van der Waals surface area contributed by atoms with Crippen LogP contribution in [0.5, 0.6) is 5.75 Å². The Morgan fingerprint density at radius 2 is 2.27 bits per heavy atom. The second-order valence-corrected chi connectivity index (χ2v) is 3.63. The number of ether oxygens (including phenoxy) is 1. The highest BCUT2D eigenvalue weighted by atomic mass is 16.5. The highest BCUT2D eigenvalue weighted by molar-refractivity contribution is 5.38. The highest BCUT2D eigenvalue weighted by Gasteiger charge is 2.07. The van der Waals surface area contributed by atoms with Gasteiger partial charge in [-0.2, -0.15) is 0 Å². The van der Waals surface area contributed by atoms with Gasteiger partial charge in [0.15, 0.2) is 0 Å². The lowest BCUT2D eigenvalue weighted by Crippen LogP contribution is -2.08. The van der Waals surface area contributed by atoms with Crippen molar-refractivity contribution in [2.24, 2.45) is 5.73 Å². The van der Waals surface area contributed by atoms with Crippen LogP contribution in [-0.4, -0.2) is 6.61 Å². The third kappa shape index (κ3) is 3.30. The van der Waals surface area contributed by atoms with Crippen LogP contribution in [0.15, 0.2) is 18.2 Å². The predicted octanol–water partition coefficient (Wildman–Crippen LogP) is 2.42. The van der Waals surface area contributed by atoms with Gasteiger partial charge in [-0.25, -0.2) is 0 Å². The molecule has 0 unspecified atom stereocenters. The minimum atomic E-state index is -0.0218. The number of rotatable bonds is 4. The van der Waals surface area contributed by atoms with Gasteiger partial charge < -0.3 is 10.5 Å². The molecule has 0 spiro atoms. The number of aryl methyl sites for hydroxylation is 1. The molecule has 1 aromatic rings. The van der Waals surface area contributed by atoms with E-state index in [1.807, 2.05) is 32.0 Å². The smallest absolute Gasteiger partial charge is 0.124 e. The van der Waals surface area contributed by atoms with E-state index in [9.17, 15) is 0 Å². The molecular weight excluding hydrogens is 186 g/mol. The summed E-state index contributed by atoms with van der Waals surface area (Å²) in [5.41, 5.74) is 8.04. The van der Waals surface area contributed by atoms with Gasteiger partial charge in [0.1, 0.15) is 5.75 Å². The molecule has 0 aliphatic carbocycles. The molecule has 0 aliphatic rings. The van der Waals surface area contributed by atoms with Crippen molar-refractivity contribution in [2.75, 3.05) is 6.61 Å². The molecular formula is C13H17NO. The topological polar surface area (TPSA) is 35.2 Å². The summed E-state index contributed by atoms with van der Waals surface area (Å²) in [5, 5.41) is 0. The van der Waals surface area contributed by atoms with Crippen LogP contribution in [0.2, 0.25) is 0 Å². The molecule has 0 saturated carbocycles. The van der Waals surface area contributed by atoms with Gasteiger partial charge in [-0.3, -0.25) is 0 Å². The summed E-state index contributed by atoms with van der Waals surface area (Å²) in [6.07, 6.45) is 5.78. The van der Waals surface area contributed by atoms with Crippen LogP contribution in [0.4, 0.5) is 0 Å². The lowest BCUT2D eigenvalue weighted by molar-refractivity contribution is 0.322. The Kier molecular flexibility index (Phi) is 4.20. The van der Waals surface area contributed by atoms with Crippen LogP contribution in [0, 0.1) is 19.3 Å². The molecule has 15 heavy (non-hydrogen) atoms. The van der Waals surface area contributed by atoms with Gasteiger partial charge in [-0.15, -0.1) is 12.3 Å². The van der Waals surface area contributed by atoms with Crippen molar-refractivity contribution in [1.82, 2.24) is 0 Å². The first-order valence-electron chi connectivity index (χ1n) is 5.07. The van der Waals surface area contributed by atoms with Gasteiger partial charge >= 0.3 is 0 Å². The average molecular weight is 203 g/mol. The largest absolute Gasteiger partial charge is 0.492 e. The van der Waals surface area contributed by atoms with Crippen LogP contribution in [0.1, 0.15) is 30.5 Å². The quantitative estimate of drug-likeness (QED) is 0.602. The molecule has 0 aliphatic heterocycles. The zero-order valence-electron chi connectivity index (χ0n) is 9.29. The van der Waals surface area contributed by atoms with E-state index in [1.54, 1.807) is 0 Å². The normalized spacial score (nSPS) is 11.9. The highest BCUT2D eigenvalue weighted by Crippen LogP contribution is 2.25. The lowest BCUT2D eigenvalue weighted by atomic mass is 10.1. The van der Waals surface area contributed by atoms with Crippen molar-refractivity contribution < 1.29 is 4.74 Å². The fourth-order valence-electron chi connectivity index (χ4n) is 1.36. The van der Waals surface area contributed by atoms with Crippen LogP contribution < -0.4 is 10.5 Å². The maximum atomic E-state index is 5.85. The maximum absolute atomic E-state index is 5.85. The Morgan fingerprint density at radius 3 is 2.87 bits per heavy atom. The third-order valence-electron chi connectivity index (χ3n) is 2.16. The maximum Gasteiger partial charge on any atom is 0.124 e. The summed E-state index contributed by atoms with van der Waals surface area (Å²) in [6, 6.07) is 6.01. The molecule has 2 nitrogen and oxygen atoms in total. The van der Waals surface area contributed by atoms with Gasteiger partial charge in [-0.05, 0) is 25.5 Å². The second-order valence-electron chi connectivity index (χ2n) is 3.63. The zero-order chi connectivity index (χ0) is 11.3. The molecule has 0 amide bonds. The molecule has 2 N–H and O–H groups in total. The number of hydrogen-bond donors (Lipinski definition) is 1. The molecule has 80 valence electrons. The van der Waals surface area contributed by atoms with Gasteiger partial charge in [0.25, 0.3) is 0 Å². The molecule has 0 bridgehead atoms. The molecule has 0 fully saturated rings. The first kappa shape index (κ1) is 11.6. The second kappa shape index (κ2) is 5.43. The fraction of sp³-hybridized carbons (Fsp3) is 0.385. The van der Waals surface area contributed by atoms with E-state index in [0.29, 0.717) is 13.0 Å². The molecule has 1 aromatic carbocycles. The predicted molar refractivity (Wildman–Crippen MR) is 62.7 cm³/mol. The summed E-state index contributed by atoms with van der Waals surface area (Å²) >= 11 is 0. The lowest BCUT2D eigenvalue weighted by Gasteiger charge is -2.14. The Labute approximate surface area is 91.4 Å². The molecule has 1 rings (SSSR count). The summed E-state index contributed by atoms with van der Waals surface area (Å²) in [5.74, 6) is 3.39. The van der Waals surface area contributed by atoms with Crippen LogP contribution in [0.3, 0.4) is 0 Å². The van der Waals surface area contributed by atoms with Crippen molar-refractivity contribution in [3.63, 3.8) is 0 Å². The molecule has 0 heterocycles. The molecule has 0 aromatic heterocycles. The summed E-state index contributed by atoms with van der Waals surface area (Å²) in [6.45, 7) is 4.51.